The van der Waals surface area contributed by atoms with Crippen molar-refractivity contribution in [3.05, 3.63) is 68.3 Å². The molecule has 0 aromatic heterocycles. The summed E-state index contributed by atoms with van der Waals surface area (Å²) in [7, 11) is 2.01. The summed E-state index contributed by atoms with van der Waals surface area (Å²) in [5, 5.41) is 3.41. The van der Waals surface area contributed by atoms with Gasteiger partial charge in [-0.3, -0.25) is 0 Å². The maximum absolute atomic E-state index is 3.41. The van der Waals surface area contributed by atoms with Gasteiger partial charge in [0.1, 0.15) is 0 Å². The van der Waals surface area contributed by atoms with Crippen LogP contribution in [-0.2, 0) is 0 Å². The predicted octanol–water partition coefficient (Wildman–Crippen LogP) is 4.22. The van der Waals surface area contributed by atoms with Crippen molar-refractivity contribution in [1.29, 1.82) is 0 Å². The van der Waals surface area contributed by atoms with Crippen molar-refractivity contribution in [2.75, 3.05) is 7.05 Å². The lowest BCUT2D eigenvalue weighted by atomic mass is 9.96. The molecule has 0 amide bonds. The Morgan fingerprint density at radius 3 is 2.28 bits per heavy atom. The van der Waals surface area contributed by atoms with E-state index in [4.69, 9.17) is 0 Å². The molecule has 2 aromatic carbocycles. The summed E-state index contributed by atoms with van der Waals surface area (Å²) in [6.07, 6.45) is 0. The second-order valence-electron chi connectivity index (χ2n) is 4.62. The molecule has 1 unspecified atom stereocenters. The molecule has 2 heteroatoms. The second kappa shape index (κ2) is 5.85. The van der Waals surface area contributed by atoms with Crippen LogP contribution in [0.15, 0.2) is 42.5 Å². The number of hydrogen-bond acceptors (Lipinski definition) is 1. The zero-order valence-corrected chi connectivity index (χ0v) is 13.2. The van der Waals surface area contributed by atoms with Gasteiger partial charge in [-0.25, -0.2) is 0 Å². The van der Waals surface area contributed by atoms with E-state index in [2.05, 4.69) is 84.2 Å². The van der Waals surface area contributed by atoms with Crippen molar-refractivity contribution < 1.29 is 0 Å². The van der Waals surface area contributed by atoms with Crippen LogP contribution < -0.4 is 5.32 Å². The maximum atomic E-state index is 3.41. The molecule has 18 heavy (non-hydrogen) atoms. The summed E-state index contributed by atoms with van der Waals surface area (Å²) >= 11 is 2.36. The van der Waals surface area contributed by atoms with Crippen LogP contribution in [0.4, 0.5) is 0 Å². The Labute approximate surface area is 123 Å². The van der Waals surface area contributed by atoms with Gasteiger partial charge in [-0.1, -0.05) is 30.3 Å². The van der Waals surface area contributed by atoms with Gasteiger partial charge >= 0.3 is 0 Å². The van der Waals surface area contributed by atoms with Gasteiger partial charge in [0.25, 0.3) is 0 Å². The Morgan fingerprint density at radius 1 is 0.944 bits per heavy atom. The van der Waals surface area contributed by atoms with Gasteiger partial charge in [0.15, 0.2) is 0 Å². The molecule has 0 saturated heterocycles. The normalized spacial score (nSPS) is 12.4. The predicted molar refractivity (Wildman–Crippen MR) is 86.0 cm³/mol. The number of halogens is 1. The van der Waals surface area contributed by atoms with Gasteiger partial charge < -0.3 is 5.32 Å². The molecular formula is C16H18IN. The van der Waals surface area contributed by atoms with E-state index < -0.39 is 0 Å². The van der Waals surface area contributed by atoms with Crippen molar-refractivity contribution in [1.82, 2.24) is 5.32 Å². The van der Waals surface area contributed by atoms with Gasteiger partial charge in [-0.05, 0) is 77.9 Å². The minimum atomic E-state index is 0.263. The van der Waals surface area contributed by atoms with Crippen molar-refractivity contribution in [3.63, 3.8) is 0 Å². The Bertz CT molecular complexity index is 549. The molecule has 0 aliphatic heterocycles. The van der Waals surface area contributed by atoms with Crippen LogP contribution in [0.25, 0.3) is 0 Å². The molecule has 2 rings (SSSR count). The molecule has 2 aromatic rings. The standard InChI is InChI=1S/C16H18IN/c1-11-7-8-14(9-12(11)2)16(18-3)13-5-4-6-15(17)10-13/h4-10,16,18H,1-3H3. The van der Waals surface area contributed by atoms with E-state index in [0.717, 1.165) is 0 Å². The first kappa shape index (κ1) is 13.6. The van der Waals surface area contributed by atoms with E-state index in [0.29, 0.717) is 0 Å². The fourth-order valence-electron chi connectivity index (χ4n) is 2.16. The Kier molecular flexibility index (Phi) is 4.40. The van der Waals surface area contributed by atoms with E-state index in [1.165, 1.54) is 25.8 Å². The van der Waals surface area contributed by atoms with Crippen LogP contribution >= 0.6 is 22.6 Å². The average molecular weight is 351 g/mol. The van der Waals surface area contributed by atoms with Crippen LogP contribution in [0.3, 0.4) is 0 Å². The van der Waals surface area contributed by atoms with E-state index in [1.807, 2.05) is 7.05 Å². The number of hydrogen-bond donors (Lipinski definition) is 1. The minimum Gasteiger partial charge on any atom is -0.309 e. The quantitative estimate of drug-likeness (QED) is 0.817. The zero-order chi connectivity index (χ0) is 13.1. The lowest BCUT2D eigenvalue weighted by Crippen LogP contribution is -2.17. The molecule has 1 atom stereocenters. The molecule has 0 aliphatic rings. The van der Waals surface area contributed by atoms with Crippen LogP contribution in [-0.4, -0.2) is 7.05 Å². The second-order valence-corrected chi connectivity index (χ2v) is 5.87. The molecule has 0 fully saturated rings. The topological polar surface area (TPSA) is 12.0 Å². The van der Waals surface area contributed by atoms with Crippen molar-refractivity contribution >= 4 is 22.6 Å². The first-order valence-electron chi connectivity index (χ1n) is 6.11. The van der Waals surface area contributed by atoms with E-state index in [1.54, 1.807) is 0 Å². The fraction of sp³-hybridized carbons (Fsp3) is 0.250. The van der Waals surface area contributed by atoms with Gasteiger partial charge in [-0.15, -0.1) is 0 Å². The van der Waals surface area contributed by atoms with E-state index in [9.17, 15) is 0 Å². The molecule has 1 N–H and O–H groups in total. The molecule has 0 saturated carbocycles. The molecule has 0 aliphatic carbocycles. The monoisotopic (exact) mass is 351 g/mol. The third kappa shape index (κ3) is 2.93. The SMILES string of the molecule is CNC(c1cccc(I)c1)c1ccc(C)c(C)c1. The van der Waals surface area contributed by atoms with Crippen LogP contribution in [0.1, 0.15) is 28.3 Å². The first-order chi connectivity index (χ1) is 8.61. The molecule has 94 valence electrons. The lowest BCUT2D eigenvalue weighted by molar-refractivity contribution is 0.690. The smallest absolute Gasteiger partial charge is 0.0574 e. The van der Waals surface area contributed by atoms with Crippen molar-refractivity contribution in [3.8, 4) is 0 Å². The zero-order valence-electron chi connectivity index (χ0n) is 11.0. The van der Waals surface area contributed by atoms with Crippen molar-refractivity contribution in [2.24, 2.45) is 0 Å². The lowest BCUT2D eigenvalue weighted by Gasteiger charge is -2.18. The van der Waals surface area contributed by atoms with Crippen LogP contribution in [0.2, 0.25) is 0 Å². The number of nitrogens with one attached hydrogen (secondary N) is 1. The summed E-state index contributed by atoms with van der Waals surface area (Å²) in [5.74, 6) is 0. The highest BCUT2D eigenvalue weighted by Gasteiger charge is 2.12. The Balaban J connectivity index is 2.42. The van der Waals surface area contributed by atoms with Crippen LogP contribution in [0, 0.1) is 17.4 Å². The van der Waals surface area contributed by atoms with E-state index in [-0.39, 0.29) is 6.04 Å². The molecular weight excluding hydrogens is 333 g/mol. The average Bonchev–Trinajstić information content (AvgIpc) is 2.35. The van der Waals surface area contributed by atoms with Gasteiger partial charge in [0, 0.05) is 3.57 Å². The highest BCUT2D eigenvalue weighted by atomic mass is 127. The largest absolute Gasteiger partial charge is 0.309 e. The van der Waals surface area contributed by atoms with E-state index >= 15 is 0 Å². The highest BCUT2D eigenvalue weighted by molar-refractivity contribution is 14.1. The highest BCUT2D eigenvalue weighted by Crippen LogP contribution is 2.24. The molecule has 0 bridgehead atoms. The molecule has 0 heterocycles. The number of benzene rings is 2. The van der Waals surface area contributed by atoms with Gasteiger partial charge in [-0.2, -0.15) is 0 Å². The number of rotatable bonds is 3. The number of aryl methyl sites for hydroxylation is 2. The molecule has 0 radical (unpaired) electrons. The van der Waals surface area contributed by atoms with Gasteiger partial charge in [0.2, 0.25) is 0 Å². The minimum absolute atomic E-state index is 0.263. The Morgan fingerprint density at radius 2 is 1.67 bits per heavy atom. The van der Waals surface area contributed by atoms with Gasteiger partial charge in [0.05, 0.1) is 6.04 Å². The molecule has 1 nitrogen and oxygen atoms in total. The van der Waals surface area contributed by atoms with Crippen molar-refractivity contribution in [2.45, 2.75) is 19.9 Å². The summed E-state index contributed by atoms with van der Waals surface area (Å²) in [6.45, 7) is 4.32. The summed E-state index contributed by atoms with van der Waals surface area (Å²) in [4.78, 5) is 0. The molecule has 0 spiro atoms. The Hall–Kier alpha value is -0.870. The first-order valence-corrected chi connectivity index (χ1v) is 7.19. The van der Waals surface area contributed by atoms with Crippen LogP contribution in [0.5, 0.6) is 0 Å². The maximum Gasteiger partial charge on any atom is 0.0574 e. The summed E-state index contributed by atoms with van der Waals surface area (Å²) in [5.41, 5.74) is 5.32. The summed E-state index contributed by atoms with van der Waals surface area (Å²) in [6, 6.07) is 15.6. The third-order valence-electron chi connectivity index (χ3n) is 3.33. The summed E-state index contributed by atoms with van der Waals surface area (Å²) < 4.78 is 1.27. The fourth-order valence-corrected chi connectivity index (χ4v) is 2.72. The third-order valence-corrected chi connectivity index (χ3v) is 4.01.